The maximum atomic E-state index is 14.0. The van der Waals surface area contributed by atoms with Crippen LogP contribution in [0, 0.1) is 11.6 Å². The summed E-state index contributed by atoms with van der Waals surface area (Å²) in [5.41, 5.74) is 1.18. The number of halogens is 2. The highest BCUT2D eigenvalue weighted by Crippen LogP contribution is 2.27. The van der Waals surface area contributed by atoms with Crippen molar-refractivity contribution in [2.24, 2.45) is 0 Å². The highest BCUT2D eigenvalue weighted by molar-refractivity contribution is 6.04. The van der Waals surface area contributed by atoms with Crippen molar-refractivity contribution in [2.75, 3.05) is 18.0 Å². The van der Waals surface area contributed by atoms with Crippen LogP contribution in [0.4, 0.5) is 14.5 Å². The maximum Gasteiger partial charge on any atom is 0.294 e. The highest BCUT2D eigenvalue weighted by Gasteiger charge is 2.31. The summed E-state index contributed by atoms with van der Waals surface area (Å²) in [7, 11) is 0. The molecular weight excluding hydrogens is 374 g/mol. The van der Waals surface area contributed by atoms with Crippen molar-refractivity contribution in [1.29, 1.82) is 0 Å². The van der Waals surface area contributed by atoms with Gasteiger partial charge in [0.1, 0.15) is 0 Å². The van der Waals surface area contributed by atoms with E-state index in [1.165, 1.54) is 12.3 Å². The zero-order valence-corrected chi connectivity index (χ0v) is 15.9. The molecule has 29 heavy (non-hydrogen) atoms. The monoisotopic (exact) mass is 396 g/mol. The molecule has 2 heterocycles. The standard InChI is InChI=1S/C23H22F2N2O2/c24-20-9-4-6-17(22(20)25)16-26-13-11-19(12-14-26)27(18-7-2-1-3-8-18)23(28)21-10-5-15-29-21/h1-10,15,19H,11-14,16H2. The lowest BCUT2D eigenvalue weighted by Crippen LogP contribution is -2.47. The van der Waals surface area contributed by atoms with Crippen LogP contribution in [-0.2, 0) is 6.54 Å². The molecule has 0 aliphatic carbocycles. The minimum atomic E-state index is -0.823. The molecule has 0 saturated carbocycles. The average Bonchev–Trinajstić information content (AvgIpc) is 3.29. The first-order valence-electron chi connectivity index (χ1n) is 9.71. The second kappa shape index (κ2) is 8.57. The fourth-order valence-electron chi connectivity index (χ4n) is 3.85. The molecule has 2 aromatic carbocycles. The summed E-state index contributed by atoms with van der Waals surface area (Å²) in [5.74, 6) is -1.47. The van der Waals surface area contributed by atoms with E-state index in [0.29, 0.717) is 31.0 Å². The lowest BCUT2D eigenvalue weighted by Gasteiger charge is -2.38. The second-order valence-electron chi connectivity index (χ2n) is 7.21. The Bertz CT molecular complexity index is 952. The molecule has 0 N–H and O–H groups in total. The van der Waals surface area contributed by atoms with Gasteiger partial charge in [0.05, 0.1) is 6.26 Å². The third-order valence-electron chi connectivity index (χ3n) is 5.33. The Morgan fingerprint density at radius 1 is 1.00 bits per heavy atom. The number of para-hydroxylation sites is 1. The first-order valence-corrected chi connectivity index (χ1v) is 9.71. The number of likely N-dealkylation sites (tertiary alicyclic amines) is 1. The second-order valence-corrected chi connectivity index (χ2v) is 7.21. The largest absolute Gasteiger partial charge is 0.459 e. The van der Waals surface area contributed by atoms with Crippen LogP contribution in [0.25, 0.3) is 0 Å². The van der Waals surface area contributed by atoms with Crippen molar-refractivity contribution in [2.45, 2.75) is 25.4 Å². The van der Waals surface area contributed by atoms with Gasteiger partial charge in [0.2, 0.25) is 0 Å². The van der Waals surface area contributed by atoms with Crippen molar-refractivity contribution in [3.8, 4) is 0 Å². The molecule has 1 aliphatic heterocycles. The lowest BCUT2D eigenvalue weighted by molar-refractivity contribution is 0.0931. The van der Waals surface area contributed by atoms with Gasteiger partial charge in [0.25, 0.3) is 5.91 Å². The van der Waals surface area contributed by atoms with Crippen LogP contribution < -0.4 is 4.90 Å². The van der Waals surface area contributed by atoms with Gasteiger partial charge in [-0.3, -0.25) is 9.69 Å². The van der Waals surface area contributed by atoms with Gasteiger partial charge in [-0.05, 0) is 43.2 Å². The van der Waals surface area contributed by atoms with Crippen LogP contribution >= 0.6 is 0 Å². The molecule has 4 nitrogen and oxygen atoms in total. The first-order chi connectivity index (χ1) is 14.1. The van der Waals surface area contributed by atoms with Crippen LogP contribution in [0.1, 0.15) is 29.0 Å². The summed E-state index contributed by atoms with van der Waals surface area (Å²) in [6.45, 7) is 1.73. The zero-order valence-electron chi connectivity index (χ0n) is 15.9. The Labute approximate surface area is 168 Å². The minimum Gasteiger partial charge on any atom is -0.459 e. The predicted octanol–water partition coefficient (Wildman–Crippen LogP) is 4.87. The van der Waals surface area contributed by atoms with Crippen molar-refractivity contribution >= 4 is 11.6 Å². The number of piperidine rings is 1. The molecule has 0 spiro atoms. The first kappa shape index (κ1) is 19.3. The van der Waals surface area contributed by atoms with Crippen LogP contribution in [0.15, 0.2) is 71.3 Å². The maximum absolute atomic E-state index is 14.0. The summed E-state index contributed by atoms with van der Waals surface area (Å²) >= 11 is 0. The Kier molecular flexibility index (Phi) is 5.71. The molecule has 1 aromatic heterocycles. The third kappa shape index (κ3) is 4.22. The van der Waals surface area contributed by atoms with E-state index < -0.39 is 11.6 Å². The van der Waals surface area contributed by atoms with E-state index in [1.807, 2.05) is 30.3 Å². The highest BCUT2D eigenvalue weighted by atomic mass is 19.2. The van der Waals surface area contributed by atoms with Gasteiger partial charge < -0.3 is 9.32 Å². The SMILES string of the molecule is O=C(c1ccco1)N(c1ccccc1)C1CCN(Cc2cccc(F)c2F)CC1. The Hall–Kier alpha value is -2.99. The van der Waals surface area contributed by atoms with Gasteiger partial charge in [-0.15, -0.1) is 0 Å². The van der Waals surface area contributed by atoms with E-state index >= 15 is 0 Å². The van der Waals surface area contributed by atoms with E-state index in [9.17, 15) is 13.6 Å². The quantitative estimate of drug-likeness (QED) is 0.617. The fourth-order valence-corrected chi connectivity index (χ4v) is 3.85. The van der Waals surface area contributed by atoms with Crippen molar-refractivity contribution in [1.82, 2.24) is 4.90 Å². The number of amides is 1. The number of furan rings is 1. The van der Waals surface area contributed by atoms with Gasteiger partial charge >= 0.3 is 0 Å². The summed E-state index contributed by atoms with van der Waals surface area (Å²) in [6.07, 6.45) is 2.96. The van der Waals surface area contributed by atoms with Crippen LogP contribution in [0.2, 0.25) is 0 Å². The number of hydrogen-bond donors (Lipinski definition) is 0. The Morgan fingerprint density at radius 3 is 2.45 bits per heavy atom. The summed E-state index contributed by atoms with van der Waals surface area (Å²) in [6, 6.07) is 17.2. The molecule has 1 amide bonds. The Balaban J connectivity index is 1.48. The van der Waals surface area contributed by atoms with Crippen LogP contribution in [0.3, 0.4) is 0 Å². The van der Waals surface area contributed by atoms with Gasteiger partial charge in [-0.2, -0.15) is 0 Å². The molecule has 0 unspecified atom stereocenters. The molecular formula is C23H22F2N2O2. The molecule has 1 saturated heterocycles. The number of anilines is 1. The number of carbonyl (C=O) groups is 1. The van der Waals surface area contributed by atoms with Gasteiger partial charge in [0, 0.05) is 36.9 Å². The summed E-state index contributed by atoms with van der Waals surface area (Å²) in [5, 5.41) is 0. The average molecular weight is 396 g/mol. The number of rotatable bonds is 5. The molecule has 0 bridgehead atoms. The molecule has 6 heteroatoms. The molecule has 150 valence electrons. The molecule has 1 fully saturated rings. The smallest absolute Gasteiger partial charge is 0.294 e. The topological polar surface area (TPSA) is 36.7 Å². The van der Waals surface area contributed by atoms with Gasteiger partial charge in [-0.1, -0.05) is 30.3 Å². The van der Waals surface area contributed by atoms with E-state index in [1.54, 1.807) is 23.1 Å². The van der Waals surface area contributed by atoms with Crippen LogP contribution in [0.5, 0.6) is 0 Å². The number of hydrogen-bond acceptors (Lipinski definition) is 3. The van der Waals surface area contributed by atoms with E-state index in [2.05, 4.69) is 4.90 Å². The Morgan fingerprint density at radius 2 is 1.76 bits per heavy atom. The van der Waals surface area contributed by atoms with Crippen molar-refractivity contribution < 1.29 is 18.0 Å². The van der Waals surface area contributed by atoms with Gasteiger partial charge in [0.15, 0.2) is 17.4 Å². The molecule has 4 rings (SSSR count). The molecule has 3 aromatic rings. The van der Waals surface area contributed by atoms with Crippen molar-refractivity contribution in [3.63, 3.8) is 0 Å². The van der Waals surface area contributed by atoms with E-state index in [0.717, 1.165) is 24.6 Å². The van der Waals surface area contributed by atoms with E-state index in [-0.39, 0.29) is 11.9 Å². The minimum absolute atomic E-state index is 0.00334. The number of carbonyl (C=O) groups excluding carboxylic acids is 1. The van der Waals surface area contributed by atoms with Gasteiger partial charge in [-0.25, -0.2) is 8.78 Å². The fraction of sp³-hybridized carbons (Fsp3) is 0.261. The van der Waals surface area contributed by atoms with Crippen LogP contribution in [-0.4, -0.2) is 29.9 Å². The third-order valence-corrected chi connectivity index (χ3v) is 5.33. The lowest BCUT2D eigenvalue weighted by atomic mass is 10.0. The zero-order chi connectivity index (χ0) is 20.2. The molecule has 0 atom stereocenters. The number of benzene rings is 2. The summed E-state index contributed by atoms with van der Waals surface area (Å²) in [4.78, 5) is 17.0. The molecule has 1 aliphatic rings. The predicted molar refractivity (Wildman–Crippen MR) is 107 cm³/mol. The summed E-state index contributed by atoms with van der Waals surface area (Å²) < 4.78 is 32.8. The van der Waals surface area contributed by atoms with E-state index in [4.69, 9.17) is 4.42 Å². The molecule has 0 radical (unpaired) electrons. The van der Waals surface area contributed by atoms with Crippen molar-refractivity contribution in [3.05, 3.63) is 89.9 Å². The normalized spacial score (nSPS) is 15.4. The number of nitrogens with zero attached hydrogens (tertiary/aromatic N) is 2.